The molecule has 0 fully saturated rings. The minimum absolute atomic E-state index is 0.188. The molecule has 0 aromatic heterocycles. The van der Waals surface area contributed by atoms with Gasteiger partial charge in [0, 0.05) is 6.42 Å². The molecule has 0 unspecified atom stereocenters. The van der Waals surface area contributed by atoms with Crippen molar-refractivity contribution >= 4 is 5.78 Å². The van der Waals surface area contributed by atoms with Crippen molar-refractivity contribution in [1.82, 2.24) is 0 Å². The standard InChI is InChI=1S/C20H36O/c1-3-5-6-7-8-9-10-11-12-13-14-15-16-17-18-19-20(21)4-2/h4,11-12H,2-3,5-10,13-19H2,1H3. The first-order valence-electron chi connectivity index (χ1n) is 9.11. The Balaban J connectivity index is 3.11. The summed E-state index contributed by atoms with van der Waals surface area (Å²) in [5, 5.41) is 0. The Morgan fingerprint density at radius 3 is 1.76 bits per heavy atom. The van der Waals surface area contributed by atoms with E-state index in [1.54, 1.807) is 0 Å². The van der Waals surface area contributed by atoms with Crippen LogP contribution in [0.1, 0.15) is 96.8 Å². The van der Waals surface area contributed by atoms with E-state index in [0.717, 1.165) is 6.42 Å². The van der Waals surface area contributed by atoms with Crippen LogP contribution in [0.3, 0.4) is 0 Å². The maximum absolute atomic E-state index is 11.0. The molecule has 0 aromatic rings. The van der Waals surface area contributed by atoms with Crippen LogP contribution in [0, 0.1) is 0 Å². The van der Waals surface area contributed by atoms with Crippen molar-refractivity contribution in [3.63, 3.8) is 0 Å². The zero-order chi connectivity index (χ0) is 15.6. The molecule has 0 N–H and O–H groups in total. The van der Waals surface area contributed by atoms with E-state index in [1.165, 1.54) is 83.1 Å². The number of carbonyl (C=O) groups is 1. The molecule has 0 spiro atoms. The Labute approximate surface area is 132 Å². The summed E-state index contributed by atoms with van der Waals surface area (Å²) < 4.78 is 0. The molecular formula is C20H36O. The van der Waals surface area contributed by atoms with Gasteiger partial charge in [0.15, 0.2) is 5.78 Å². The van der Waals surface area contributed by atoms with Gasteiger partial charge in [0.25, 0.3) is 0 Å². The zero-order valence-corrected chi connectivity index (χ0v) is 14.2. The van der Waals surface area contributed by atoms with E-state index in [1.807, 2.05) is 0 Å². The van der Waals surface area contributed by atoms with Crippen LogP contribution in [0.15, 0.2) is 24.8 Å². The quantitative estimate of drug-likeness (QED) is 0.174. The highest BCUT2D eigenvalue weighted by molar-refractivity contribution is 5.88. The second-order valence-corrected chi connectivity index (χ2v) is 6.00. The van der Waals surface area contributed by atoms with E-state index >= 15 is 0 Å². The van der Waals surface area contributed by atoms with Gasteiger partial charge in [-0.1, -0.05) is 77.0 Å². The number of rotatable bonds is 16. The third kappa shape index (κ3) is 17.1. The lowest BCUT2D eigenvalue weighted by Crippen LogP contribution is -1.91. The Morgan fingerprint density at radius 1 is 0.762 bits per heavy atom. The van der Waals surface area contributed by atoms with E-state index in [2.05, 4.69) is 25.7 Å². The molecule has 21 heavy (non-hydrogen) atoms. The van der Waals surface area contributed by atoms with Gasteiger partial charge in [-0.15, -0.1) is 0 Å². The molecule has 1 heteroatoms. The second-order valence-electron chi connectivity index (χ2n) is 6.00. The highest BCUT2D eigenvalue weighted by atomic mass is 16.1. The van der Waals surface area contributed by atoms with Crippen LogP contribution >= 0.6 is 0 Å². The second kappa shape index (κ2) is 17.2. The number of ketones is 1. The summed E-state index contributed by atoms with van der Waals surface area (Å²) in [5.74, 6) is 0.188. The van der Waals surface area contributed by atoms with E-state index in [9.17, 15) is 4.79 Å². The van der Waals surface area contributed by atoms with Crippen LogP contribution in [0.4, 0.5) is 0 Å². The molecule has 122 valence electrons. The topological polar surface area (TPSA) is 17.1 Å². The molecule has 0 heterocycles. The summed E-state index contributed by atoms with van der Waals surface area (Å²) in [7, 11) is 0. The Morgan fingerprint density at radius 2 is 1.24 bits per heavy atom. The van der Waals surface area contributed by atoms with Gasteiger partial charge in [-0.2, -0.15) is 0 Å². The van der Waals surface area contributed by atoms with Gasteiger partial charge in [-0.25, -0.2) is 0 Å². The predicted molar refractivity (Wildman–Crippen MR) is 94.7 cm³/mol. The predicted octanol–water partition coefficient (Wildman–Crippen LogP) is 6.78. The van der Waals surface area contributed by atoms with Gasteiger partial charge < -0.3 is 0 Å². The van der Waals surface area contributed by atoms with Crippen LogP contribution in [0.2, 0.25) is 0 Å². The molecular weight excluding hydrogens is 256 g/mol. The molecule has 0 saturated heterocycles. The van der Waals surface area contributed by atoms with Crippen molar-refractivity contribution in [3.8, 4) is 0 Å². The Bertz CT molecular complexity index is 265. The first kappa shape index (κ1) is 20.1. The van der Waals surface area contributed by atoms with Crippen LogP contribution in [0.25, 0.3) is 0 Å². The molecule has 0 radical (unpaired) electrons. The summed E-state index contributed by atoms with van der Waals surface area (Å²) in [5.41, 5.74) is 0. The fraction of sp³-hybridized carbons (Fsp3) is 0.750. The highest BCUT2D eigenvalue weighted by Crippen LogP contribution is 2.10. The lowest BCUT2D eigenvalue weighted by molar-refractivity contribution is -0.114. The van der Waals surface area contributed by atoms with Crippen molar-refractivity contribution in [2.45, 2.75) is 96.8 Å². The highest BCUT2D eigenvalue weighted by Gasteiger charge is 1.95. The van der Waals surface area contributed by atoms with E-state index in [-0.39, 0.29) is 5.78 Å². The van der Waals surface area contributed by atoms with Crippen molar-refractivity contribution < 1.29 is 4.79 Å². The lowest BCUT2D eigenvalue weighted by Gasteiger charge is -1.99. The largest absolute Gasteiger partial charge is 0.295 e. The normalized spacial score (nSPS) is 11.1. The molecule has 0 saturated carbocycles. The minimum atomic E-state index is 0.188. The fourth-order valence-corrected chi connectivity index (χ4v) is 2.47. The number of unbranched alkanes of at least 4 members (excludes halogenated alkanes) is 11. The number of hydrogen-bond acceptors (Lipinski definition) is 1. The van der Waals surface area contributed by atoms with Gasteiger partial charge in [-0.05, 0) is 38.2 Å². The molecule has 0 atom stereocenters. The van der Waals surface area contributed by atoms with Crippen molar-refractivity contribution in [2.24, 2.45) is 0 Å². The van der Waals surface area contributed by atoms with Gasteiger partial charge in [0.2, 0.25) is 0 Å². The van der Waals surface area contributed by atoms with E-state index in [0.29, 0.717) is 6.42 Å². The van der Waals surface area contributed by atoms with Crippen molar-refractivity contribution in [3.05, 3.63) is 24.8 Å². The zero-order valence-electron chi connectivity index (χ0n) is 14.2. The minimum Gasteiger partial charge on any atom is -0.295 e. The smallest absolute Gasteiger partial charge is 0.155 e. The average Bonchev–Trinajstić information content (AvgIpc) is 2.50. The Hall–Kier alpha value is -0.850. The number of allylic oxidation sites excluding steroid dienone is 3. The van der Waals surface area contributed by atoms with E-state index in [4.69, 9.17) is 0 Å². The molecule has 0 aliphatic carbocycles. The van der Waals surface area contributed by atoms with Crippen LogP contribution < -0.4 is 0 Å². The maximum Gasteiger partial charge on any atom is 0.155 e. The SMILES string of the molecule is C=CC(=O)CCCCCCCC=CCCCCCCCC. The van der Waals surface area contributed by atoms with Crippen molar-refractivity contribution in [2.75, 3.05) is 0 Å². The average molecular weight is 293 g/mol. The van der Waals surface area contributed by atoms with Gasteiger partial charge in [0.05, 0.1) is 0 Å². The van der Waals surface area contributed by atoms with Crippen LogP contribution in [-0.4, -0.2) is 5.78 Å². The first-order chi connectivity index (χ1) is 10.3. The summed E-state index contributed by atoms with van der Waals surface area (Å²) in [4.78, 5) is 11.0. The lowest BCUT2D eigenvalue weighted by atomic mass is 10.1. The third-order valence-corrected chi connectivity index (χ3v) is 3.91. The number of carbonyl (C=O) groups excluding carboxylic acids is 1. The molecule has 1 nitrogen and oxygen atoms in total. The summed E-state index contributed by atoms with van der Waals surface area (Å²) in [6.07, 6.45) is 23.7. The molecule has 0 amide bonds. The van der Waals surface area contributed by atoms with Gasteiger partial charge >= 0.3 is 0 Å². The molecule has 0 aliphatic rings. The van der Waals surface area contributed by atoms with Gasteiger partial charge in [-0.3, -0.25) is 4.79 Å². The number of hydrogen-bond donors (Lipinski definition) is 0. The molecule has 0 aromatic carbocycles. The van der Waals surface area contributed by atoms with Crippen LogP contribution in [0.5, 0.6) is 0 Å². The summed E-state index contributed by atoms with van der Waals surface area (Å²) in [6, 6.07) is 0. The monoisotopic (exact) mass is 292 g/mol. The van der Waals surface area contributed by atoms with Crippen molar-refractivity contribution in [1.29, 1.82) is 0 Å². The summed E-state index contributed by atoms with van der Waals surface area (Å²) in [6.45, 7) is 5.76. The van der Waals surface area contributed by atoms with Gasteiger partial charge in [0.1, 0.15) is 0 Å². The molecule has 0 aliphatic heterocycles. The fourth-order valence-electron chi connectivity index (χ4n) is 2.47. The third-order valence-electron chi connectivity index (χ3n) is 3.91. The van der Waals surface area contributed by atoms with Crippen LogP contribution in [-0.2, 0) is 4.79 Å². The first-order valence-corrected chi connectivity index (χ1v) is 9.11. The molecule has 0 rings (SSSR count). The molecule has 0 bridgehead atoms. The Kier molecular flexibility index (Phi) is 16.5. The maximum atomic E-state index is 11.0. The van der Waals surface area contributed by atoms with E-state index < -0.39 is 0 Å². The summed E-state index contributed by atoms with van der Waals surface area (Å²) >= 11 is 0.